The molecule has 1 saturated carbocycles. The molecule has 78 valence electrons. The van der Waals surface area contributed by atoms with E-state index in [2.05, 4.69) is 17.6 Å². The molecule has 1 aliphatic carbocycles. The van der Waals surface area contributed by atoms with Gasteiger partial charge in [0.25, 0.3) is 0 Å². The first-order chi connectivity index (χ1) is 6.66. The standard InChI is InChI=1S/C10H16N2OS/c1-6-3-2-4-7(5-6)8-9(13)12-10(14)11-8/h6-8H,2-5H2,1H3,(H2,11,12,13,14). The zero-order valence-electron chi connectivity index (χ0n) is 8.38. The summed E-state index contributed by atoms with van der Waals surface area (Å²) in [6.45, 7) is 2.26. The van der Waals surface area contributed by atoms with Gasteiger partial charge in [-0.05, 0) is 36.9 Å². The molecular formula is C10H16N2OS. The van der Waals surface area contributed by atoms with Crippen LogP contribution in [-0.4, -0.2) is 17.1 Å². The number of rotatable bonds is 1. The molecule has 1 saturated heterocycles. The van der Waals surface area contributed by atoms with Crippen LogP contribution < -0.4 is 10.6 Å². The first kappa shape index (κ1) is 9.90. The highest BCUT2D eigenvalue weighted by atomic mass is 32.1. The first-order valence-electron chi connectivity index (χ1n) is 5.28. The number of thiocarbonyl (C=S) groups is 1. The van der Waals surface area contributed by atoms with Gasteiger partial charge in [-0.25, -0.2) is 0 Å². The third-order valence-corrected chi connectivity index (χ3v) is 3.47. The number of nitrogens with one attached hydrogen (secondary N) is 2. The lowest BCUT2D eigenvalue weighted by Gasteiger charge is -2.29. The molecule has 0 radical (unpaired) electrons. The van der Waals surface area contributed by atoms with Gasteiger partial charge in [0.2, 0.25) is 5.91 Å². The second-order valence-electron chi connectivity index (χ2n) is 4.47. The zero-order chi connectivity index (χ0) is 10.1. The Morgan fingerprint density at radius 1 is 1.43 bits per heavy atom. The lowest BCUT2D eigenvalue weighted by atomic mass is 9.78. The van der Waals surface area contributed by atoms with Crippen LogP contribution in [0.5, 0.6) is 0 Å². The molecule has 1 aliphatic heterocycles. The second kappa shape index (κ2) is 3.85. The highest BCUT2D eigenvalue weighted by Gasteiger charge is 2.36. The Balaban J connectivity index is 2.00. The molecule has 14 heavy (non-hydrogen) atoms. The van der Waals surface area contributed by atoms with E-state index in [4.69, 9.17) is 12.2 Å². The Kier molecular flexibility index (Phi) is 2.72. The first-order valence-corrected chi connectivity index (χ1v) is 5.69. The molecule has 3 unspecified atom stereocenters. The number of carbonyl (C=O) groups excluding carboxylic acids is 1. The van der Waals surface area contributed by atoms with Gasteiger partial charge in [-0.2, -0.15) is 0 Å². The zero-order valence-corrected chi connectivity index (χ0v) is 9.19. The summed E-state index contributed by atoms with van der Waals surface area (Å²) < 4.78 is 0. The minimum atomic E-state index is -0.0646. The Morgan fingerprint density at radius 2 is 2.21 bits per heavy atom. The largest absolute Gasteiger partial charge is 0.350 e. The van der Waals surface area contributed by atoms with Crippen LogP contribution in [0.4, 0.5) is 0 Å². The fourth-order valence-corrected chi connectivity index (χ4v) is 2.78. The minimum absolute atomic E-state index is 0.0640. The number of carbonyl (C=O) groups is 1. The Hall–Kier alpha value is -0.640. The summed E-state index contributed by atoms with van der Waals surface area (Å²) >= 11 is 4.93. The highest BCUT2D eigenvalue weighted by Crippen LogP contribution is 2.31. The smallest absolute Gasteiger partial charge is 0.248 e. The van der Waals surface area contributed by atoms with E-state index < -0.39 is 0 Å². The molecule has 4 heteroatoms. The molecule has 1 amide bonds. The molecule has 2 fully saturated rings. The van der Waals surface area contributed by atoms with Gasteiger partial charge in [-0.1, -0.05) is 19.8 Å². The van der Waals surface area contributed by atoms with Gasteiger partial charge in [0, 0.05) is 0 Å². The maximum Gasteiger partial charge on any atom is 0.248 e. The van der Waals surface area contributed by atoms with E-state index >= 15 is 0 Å². The molecule has 0 aromatic rings. The topological polar surface area (TPSA) is 41.1 Å². The number of amides is 1. The normalized spacial score (nSPS) is 37.9. The number of hydrogen-bond acceptors (Lipinski definition) is 2. The minimum Gasteiger partial charge on any atom is -0.350 e. The third-order valence-electron chi connectivity index (χ3n) is 3.25. The van der Waals surface area contributed by atoms with Crippen LogP contribution >= 0.6 is 12.2 Å². The maximum absolute atomic E-state index is 11.5. The van der Waals surface area contributed by atoms with Gasteiger partial charge < -0.3 is 10.6 Å². The monoisotopic (exact) mass is 212 g/mol. The molecule has 0 aromatic heterocycles. The molecule has 2 aliphatic rings. The summed E-state index contributed by atoms with van der Waals surface area (Å²) in [5, 5.41) is 6.22. The van der Waals surface area contributed by atoms with Crippen LogP contribution in [0, 0.1) is 11.8 Å². The van der Waals surface area contributed by atoms with Crippen LogP contribution in [0.15, 0.2) is 0 Å². The molecule has 0 aromatic carbocycles. The highest BCUT2D eigenvalue weighted by molar-refractivity contribution is 7.80. The van der Waals surface area contributed by atoms with Crippen LogP contribution in [0.1, 0.15) is 32.6 Å². The van der Waals surface area contributed by atoms with E-state index in [0.29, 0.717) is 11.0 Å². The molecule has 2 N–H and O–H groups in total. The van der Waals surface area contributed by atoms with Crippen molar-refractivity contribution in [1.29, 1.82) is 0 Å². The van der Waals surface area contributed by atoms with Crippen LogP contribution in [0.25, 0.3) is 0 Å². The summed E-state index contributed by atoms with van der Waals surface area (Å²) in [5.41, 5.74) is 0. The summed E-state index contributed by atoms with van der Waals surface area (Å²) in [6.07, 6.45) is 4.84. The van der Waals surface area contributed by atoms with E-state index in [1.165, 1.54) is 12.8 Å². The Labute approximate surface area is 89.6 Å². The second-order valence-corrected chi connectivity index (χ2v) is 4.88. The van der Waals surface area contributed by atoms with Gasteiger partial charge >= 0.3 is 0 Å². The van der Waals surface area contributed by atoms with Crippen molar-refractivity contribution in [2.45, 2.75) is 38.6 Å². The maximum atomic E-state index is 11.5. The van der Waals surface area contributed by atoms with E-state index in [1.54, 1.807) is 0 Å². The van der Waals surface area contributed by atoms with Crippen molar-refractivity contribution < 1.29 is 4.79 Å². The van der Waals surface area contributed by atoms with Crippen molar-refractivity contribution in [1.82, 2.24) is 10.6 Å². The van der Waals surface area contributed by atoms with Gasteiger partial charge in [0.1, 0.15) is 6.04 Å². The third kappa shape index (κ3) is 1.90. The van der Waals surface area contributed by atoms with Crippen LogP contribution in [-0.2, 0) is 4.79 Å². The summed E-state index contributed by atoms with van der Waals surface area (Å²) in [5.74, 6) is 1.28. The summed E-state index contributed by atoms with van der Waals surface area (Å²) in [6, 6.07) is -0.0646. The molecule has 0 spiro atoms. The Bertz CT molecular complexity index is 267. The summed E-state index contributed by atoms with van der Waals surface area (Å²) in [7, 11) is 0. The molecule has 3 atom stereocenters. The van der Waals surface area contributed by atoms with Crippen molar-refractivity contribution in [3.63, 3.8) is 0 Å². The predicted molar refractivity (Wildman–Crippen MR) is 58.8 cm³/mol. The average molecular weight is 212 g/mol. The lowest BCUT2D eigenvalue weighted by molar-refractivity contribution is -0.121. The van der Waals surface area contributed by atoms with Gasteiger partial charge in [-0.3, -0.25) is 4.79 Å². The predicted octanol–water partition coefficient (Wildman–Crippen LogP) is 1.19. The van der Waals surface area contributed by atoms with E-state index in [-0.39, 0.29) is 11.9 Å². The quantitative estimate of drug-likeness (QED) is 0.641. The van der Waals surface area contributed by atoms with Gasteiger partial charge in [-0.15, -0.1) is 0 Å². The molecule has 0 bridgehead atoms. The number of hydrogen-bond donors (Lipinski definition) is 2. The fraction of sp³-hybridized carbons (Fsp3) is 0.800. The molecule has 2 rings (SSSR count). The van der Waals surface area contributed by atoms with E-state index in [9.17, 15) is 4.79 Å². The van der Waals surface area contributed by atoms with Crippen molar-refractivity contribution >= 4 is 23.2 Å². The van der Waals surface area contributed by atoms with Crippen molar-refractivity contribution in [3.8, 4) is 0 Å². The van der Waals surface area contributed by atoms with Crippen LogP contribution in [0.3, 0.4) is 0 Å². The molecule has 1 heterocycles. The van der Waals surface area contributed by atoms with Crippen molar-refractivity contribution in [2.24, 2.45) is 11.8 Å². The average Bonchev–Trinajstić information content (AvgIpc) is 2.45. The van der Waals surface area contributed by atoms with Gasteiger partial charge in [0.15, 0.2) is 5.11 Å². The van der Waals surface area contributed by atoms with E-state index in [0.717, 1.165) is 18.8 Å². The molecular weight excluding hydrogens is 196 g/mol. The van der Waals surface area contributed by atoms with Gasteiger partial charge in [0.05, 0.1) is 0 Å². The lowest BCUT2D eigenvalue weighted by Crippen LogP contribution is -2.39. The van der Waals surface area contributed by atoms with E-state index in [1.807, 2.05) is 0 Å². The SMILES string of the molecule is CC1CCCC(C2NC(=S)NC2=O)C1. The summed E-state index contributed by atoms with van der Waals surface area (Å²) in [4.78, 5) is 11.5. The van der Waals surface area contributed by atoms with Crippen LogP contribution in [0.2, 0.25) is 0 Å². The fourth-order valence-electron chi connectivity index (χ4n) is 2.55. The molecule has 3 nitrogen and oxygen atoms in total. The van der Waals surface area contributed by atoms with Crippen molar-refractivity contribution in [3.05, 3.63) is 0 Å². The Morgan fingerprint density at radius 3 is 2.79 bits per heavy atom. The van der Waals surface area contributed by atoms with Crippen molar-refractivity contribution in [2.75, 3.05) is 0 Å².